The minimum absolute atomic E-state index is 0.00768. The molecule has 1 saturated heterocycles. The molecule has 0 aliphatic carbocycles. The highest BCUT2D eigenvalue weighted by molar-refractivity contribution is 6.31. The van der Waals surface area contributed by atoms with Crippen molar-refractivity contribution in [3.8, 4) is 0 Å². The molecule has 0 spiro atoms. The molecule has 0 bridgehead atoms. The van der Waals surface area contributed by atoms with Gasteiger partial charge in [-0.15, -0.1) is 0 Å². The Morgan fingerprint density at radius 2 is 1.92 bits per heavy atom. The second kappa shape index (κ2) is 7.41. The van der Waals surface area contributed by atoms with E-state index in [0.717, 1.165) is 6.07 Å². The molecule has 0 radical (unpaired) electrons. The minimum Gasteiger partial charge on any atom is -0.325 e. The number of anilines is 1. The van der Waals surface area contributed by atoms with Gasteiger partial charge in [-0.1, -0.05) is 11.6 Å². The van der Waals surface area contributed by atoms with Crippen molar-refractivity contribution in [1.29, 1.82) is 0 Å². The largest absolute Gasteiger partial charge is 0.417 e. The van der Waals surface area contributed by atoms with E-state index in [9.17, 15) is 31.1 Å². The van der Waals surface area contributed by atoms with Gasteiger partial charge < -0.3 is 5.32 Å². The van der Waals surface area contributed by atoms with Crippen LogP contribution in [0.5, 0.6) is 0 Å². The van der Waals surface area contributed by atoms with Crippen LogP contribution in [0.2, 0.25) is 5.02 Å². The van der Waals surface area contributed by atoms with Crippen molar-refractivity contribution < 1.29 is 31.1 Å². The Labute approximate surface area is 144 Å². The highest BCUT2D eigenvalue weighted by Gasteiger charge is 2.42. The van der Waals surface area contributed by atoms with E-state index in [1.54, 1.807) is 0 Å². The lowest BCUT2D eigenvalue weighted by atomic mass is 9.97. The third kappa shape index (κ3) is 5.50. The van der Waals surface area contributed by atoms with E-state index < -0.39 is 34.8 Å². The van der Waals surface area contributed by atoms with Crippen LogP contribution in [0.4, 0.5) is 32.0 Å². The zero-order valence-electron chi connectivity index (χ0n) is 12.8. The van der Waals surface area contributed by atoms with Gasteiger partial charge in [-0.05, 0) is 37.6 Å². The molecule has 25 heavy (non-hydrogen) atoms. The van der Waals surface area contributed by atoms with Crippen molar-refractivity contribution in [3.63, 3.8) is 0 Å². The number of nitrogens with one attached hydrogen (secondary N) is 1. The van der Waals surface area contributed by atoms with Crippen LogP contribution in [0.25, 0.3) is 0 Å². The Balaban J connectivity index is 1.99. The molecule has 1 aliphatic rings. The van der Waals surface area contributed by atoms with Crippen molar-refractivity contribution in [1.82, 2.24) is 4.90 Å². The Morgan fingerprint density at radius 3 is 2.52 bits per heavy atom. The Bertz CT molecular complexity index is 631. The van der Waals surface area contributed by atoms with Gasteiger partial charge in [-0.2, -0.15) is 26.3 Å². The van der Waals surface area contributed by atoms with Crippen molar-refractivity contribution in [2.75, 3.05) is 25.0 Å². The summed E-state index contributed by atoms with van der Waals surface area (Å²) in [4.78, 5) is 13.3. The summed E-state index contributed by atoms with van der Waals surface area (Å²) in [7, 11) is 0. The number of hydrogen-bond acceptors (Lipinski definition) is 2. The fourth-order valence-corrected chi connectivity index (χ4v) is 2.91. The predicted octanol–water partition coefficient (Wildman–Crippen LogP) is 4.57. The average molecular weight is 389 g/mol. The normalized spacial score (nSPS) is 19.7. The number of piperidine rings is 1. The first-order chi connectivity index (χ1) is 11.5. The maximum Gasteiger partial charge on any atom is 0.417 e. The molecule has 1 amide bonds. The fourth-order valence-electron chi connectivity index (χ4n) is 2.69. The molecular weight excluding hydrogens is 374 g/mol. The van der Waals surface area contributed by atoms with Crippen LogP contribution >= 0.6 is 11.6 Å². The van der Waals surface area contributed by atoms with Crippen LogP contribution in [0.1, 0.15) is 18.4 Å². The van der Waals surface area contributed by atoms with Gasteiger partial charge in [-0.3, -0.25) is 9.69 Å². The number of hydrogen-bond donors (Lipinski definition) is 1. The standard InChI is InChI=1S/C15H15ClF6N2O/c16-12-4-3-10(6-11(12)15(20,21)22)23-13(25)8-24-5-1-2-9(7-24)14(17,18)19/h3-4,6,9H,1-2,5,7-8H2,(H,23,25). The van der Waals surface area contributed by atoms with E-state index >= 15 is 0 Å². The van der Waals surface area contributed by atoms with Crippen LogP contribution in [0.15, 0.2) is 18.2 Å². The van der Waals surface area contributed by atoms with Crippen molar-refractivity contribution in [3.05, 3.63) is 28.8 Å². The highest BCUT2D eigenvalue weighted by atomic mass is 35.5. The summed E-state index contributed by atoms with van der Waals surface area (Å²) >= 11 is 5.48. The molecule has 3 nitrogen and oxygen atoms in total. The molecule has 1 aromatic rings. The van der Waals surface area contributed by atoms with E-state index in [-0.39, 0.29) is 25.2 Å². The summed E-state index contributed by atoms with van der Waals surface area (Å²) in [5.74, 6) is -2.18. The number of likely N-dealkylation sites (tertiary alicyclic amines) is 1. The molecule has 1 unspecified atom stereocenters. The second-order valence-electron chi connectivity index (χ2n) is 5.86. The van der Waals surface area contributed by atoms with Gasteiger partial charge in [0.2, 0.25) is 5.91 Å². The van der Waals surface area contributed by atoms with Crippen LogP contribution < -0.4 is 5.32 Å². The van der Waals surface area contributed by atoms with E-state index in [0.29, 0.717) is 19.0 Å². The summed E-state index contributed by atoms with van der Waals surface area (Å²) in [5.41, 5.74) is -1.21. The van der Waals surface area contributed by atoms with Gasteiger partial charge in [0.05, 0.1) is 23.0 Å². The number of alkyl halides is 6. The van der Waals surface area contributed by atoms with Crippen LogP contribution in [0, 0.1) is 5.92 Å². The van der Waals surface area contributed by atoms with Gasteiger partial charge in [0, 0.05) is 12.2 Å². The molecule has 1 atom stereocenters. The predicted molar refractivity (Wildman–Crippen MR) is 80.3 cm³/mol. The molecular formula is C15H15ClF6N2O. The topological polar surface area (TPSA) is 32.3 Å². The highest BCUT2D eigenvalue weighted by Crippen LogP contribution is 2.36. The Kier molecular flexibility index (Phi) is 5.88. The molecule has 1 heterocycles. The van der Waals surface area contributed by atoms with Crippen molar-refractivity contribution in [2.45, 2.75) is 25.2 Å². The second-order valence-corrected chi connectivity index (χ2v) is 6.26. The molecule has 10 heteroatoms. The number of nitrogens with zero attached hydrogens (tertiary/aromatic N) is 1. The maximum atomic E-state index is 12.8. The molecule has 0 saturated carbocycles. The first kappa shape index (κ1) is 19.8. The van der Waals surface area contributed by atoms with E-state index in [1.165, 1.54) is 11.0 Å². The van der Waals surface area contributed by atoms with Crippen molar-refractivity contribution in [2.24, 2.45) is 5.92 Å². The van der Waals surface area contributed by atoms with E-state index in [2.05, 4.69) is 5.32 Å². The zero-order chi connectivity index (χ0) is 18.8. The minimum atomic E-state index is -4.68. The molecule has 0 aromatic heterocycles. The van der Waals surface area contributed by atoms with E-state index in [4.69, 9.17) is 11.6 Å². The lowest BCUT2D eigenvalue weighted by Crippen LogP contribution is -2.44. The summed E-state index contributed by atoms with van der Waals surface area (Å²) in [6, 6.07) is 2.89. The SMILES string of the molecule is O=C(CN1CCCC(C(F)(F)F)C1)Nc1ccc(Cl)c(C(F)(F)F)c1. The summed E-state index contributed by atoms with van der Waals surface area (Å²) < 4.78 is 76.6. The first-order valence-corrected chi connectivity index (χ1v) is 7.80. The van der Waals surface area contributed by atoms with Gasteiger partial charge >= 0.3 is 12.4 Å². The van der Waals surface area contributed by atoms with Crippen LogP contribution in [-0.2, 0) is 11.0 Å². The number of carbonyl (C=O) groups is 1. The number of halogens is 7. The molecule has 2 rings (SSSR count). The molecule has 1 fully saturated rings. The van der Waals surface area contributed by atoms with Crippen molar-refractivity contribution >= 4 is 23.2 Å². The molecule has 140 valence electrons. The molecule has 1 aromatic carbocycles. The third-order valence-corrected chi connectivity index (χ3v) is 4.22. The lowest BCUT2D eigenvalue weighted by molar-refractivity contribution is -0.186. The maximum absolute atomic E-state index is 12.8. The number of carbonyl (C=O) groups excluding carboxylic acids is 1. The smallest absolute Gasteiger partial charge is 0.325 e. The van der Waals surface area contributed by atoms with Crippen LogP contribution in [-0.4, -0.2) is 36.6 Å². The molecule has 1 N–H and O–H groups in total. The summed E-state index contributed by atoms with van der Waals surface area (Å²) in [6.07, 6.45) is -8.69. The first-order valence-electron chi connectivity index (χ1n) is 7.42. The number of amides is 1. The number of benzene rings is 1. The third-order valence-electron chi connectivity index (χ3n) is 3.89. The zero-order valence-corrected chi connectivity index (χ0v) is 13.6. The Hall–Kier alpha value is -1.48. The van der Waals surface area contributed by atoms with Gasteiger partial charge in [-0.25, -0.2) is 0 Å². The Morgan fingerprint density at radius 1 is 1.24 bits per heavy atom. The van der Waals surface area contributed by atoms with Crippen LogP contribution in [0.3, 0.4) is 0 Å². The molecule has 1 aliphatic heterocycles. The van der Waals surface area contributed by atoms with Gasteiger partial charge in [0.25, 0.3) is 0 Å². The summed E-state index contributed by atoms with van der Waals surface area (Å²) in [6.45, 7) is -0.295. The van der Waals surface area contributed by atoms with Gasteiger partial charge in [0.15, 0.2) is 0 Å². The van der Waals surface area contributed by atoms with Gasteiger partial charge in [0.1, 0.15) is 0 Å². The average Bonchev–Trinajstić information content (AvgIpc) is 2.47. The number of rotatable bonds is 3. The lowest BCUT2D eigenvalue weighted by Gasteiger charge is -2.33. The monoisotopic (exact) mass is 388 g/mol. The fraction of sp³-hybridized carbons (Fsp3) is 0.533. The quantitative estimate of drug-likeness (QED) is 0.769. The van der Waals surface area contributed by atoms with E-state index in [1.807, 2.05) is 0 Å². The summed E-state index contributed by atoms with van der Waals surface area (Å²) in [5, 5.41) is 1.76.